The van der Waals surface area contributed by atoms with Crippen LogP contribution < -0.4 is 0 Å². The van der Waals surface area contributed by atoms with E-state index in [1.165, 1.54) is 5.56 Å². The van der Waals surface area contributed by atoms with Gasteiger partial charge in [-0.05, 0) is 59.4 Å². The van der Waals surface area contributed by atoms with E-state index in [4.69, 9.17) is 0 Å². The van der Waals surface area contributed by atoms with Gasteiger partial charge in [0.15, 0.2) is 0 Å². The fourth-order valence-corrected chi connectivity index (χ4v) is 3.14. The van der Waals surface area contributed by atoms with Gasteiger partial charge in [0.2, 0.25) is 0 Å². The predicted octanol–water partition coefficient (Wildman–Crippen LogP) is 5.36. The lowest BCUT2D eigenvalue weighted by atomic mass is 9.69. The van der Waals surface area contributed by atoms with Gasteiger partial charge >= 0.3 is 0 Å². The molecule has 0 radical (unpaired) electrons. The number of allylic oxidation sites excluding steroid dienone is 5. The molecule has 0 aliphatic heterocycles. The number of benzene rings is 1. The summed E-state index contributed by atoms with van der Waals surface area (Å²) in [5, 5.41) is 20.0. The third-order valence-electron chi connectivity index (χ3n) is 4.82. The molecule has 0 fully saturated rings. The Hall–Kier alpha value is -2.22. The highest BCUT2D eigenvalue weighted by molar-refractivity contribution is 5.41. The van der Waals surface area contributed by atoms with Crippen molar-refractivity contribution in [2.75, 3.05) is 0 Å². The number of hydrogen-bond donors (Lipinski definition) is 2. The average Bonchev–Trinajstić information content (AvgIpc) is 2.51. The van der Waals surface area contributed by atoms with Gasteiger partial charge in [-0.3, -0.25) is 0 Å². The summed E-state index contributed by atoms with van der Waals surface area (Å²) in [6.45, 7) is 11.9. The molecule has 2 rings (SSSR count). The molecule has 1 atom stereocenters. The number of aliphatic hydroxyl groups is 1. The molecule has 0 saturated heterocycles. The topological polar surface area (TPSA) is 40.5 Å². The molecule has 2 N–H and O–H groups in total. The summed E-state index contributed by atoms with van der Waals surface area (Å²) in [6.07, 6.45) is 9.70. The Morgan fingerprint density at radius 1 is 1.17 bits per heavy atom. The van der Waals surface area contributed by atoms with E-state index in [0.29, 0.717) is 24.4 Å². The quantitative estimate of drug-likeness (QED) is 0.694. The maximum absolute atomic E-state index is 10.0. The molecule has 0 saturated carbocycles. The Bertz CT molecular complexity index is 662. The lowest BCUT2D eigenvalue weighted by Crippen LogP contribution is -2.29. The third-order valence-corrected chi connectivity index (χ3v) is 4.82. The molecular formula is C21H26O2. The van der Waals surface area contributed by atoms with Gasteiger partial charge in [-0.1, -0.05) is 44.2 Å². The molecule has 0 heterocycles. The standard InChI is InChI=1S/C21H26O2/c1-5-7-15-13-17(9-11-19(15)22)21(3,4)18-10-12-20(23)16(14-18)8-6-2/h5-6,9-13,18,22-23H,1-2,7-8,14H2,3-4H3. The molecule has 0 bridgehead atoms. The Morgan fingerprint density at radius 3 is 2.52 bits per heavy atom. The molecule has 2 heteroatoms. The van der Waals surface area contributed by atoms with Gasteiger partial charge in [0, 0.05) is 0 Å². The average molecular weight is 310 g/mol. The molecule has 2 nitrogen and oxygen atoms in total. The summed E-state index contributed by atoms with van der Waals surface area (Å²) in [5.74, 6) is 0.970. The molecule has 1 aromatic carbocycles. The number of phenols is 1. The highest BCUT2D eigenvalue weighted by Gasteiger charge is 2.32. The Kier molecular flexibility index (Phi) is 5.15. The van der Waals surface area contributed by atoms with Gasteiger partial charge in [-0.15, -0.1) is 13.2 Å². The first-order valence-electron chi connectivity index (χ1n) is 8.03. The van der Waals surface area contributed by atoms with Crippen LogP contribution in [0.1, 0.15) is 37.8 Å². The van der Waals surface area contributed by atoms with Crippen LogP contribution in [0.2, 0.25) is 0 Å². The van der Waals surface area contributed by atoms with Gasteiger partial charge in [0.1, 0.15) is 11.5 Å². The number of aromatic hydroxyl groups is 1. The third kappa shape index (κ3) is 3.58. The van der Waals surface area contributed by atoms with E-state index in [2.05, 4.69) is 39.1 Å². The van der Waals surface area contributed by atoms with E-state index in [0.717, 1.165) is 17.6 Å². The van der Waals surface area contributed by atoms with Gasteiger partial charge in [0.05, 0.1) is 0 Å². The minimum absolute atomic E-state index is 0.104. The monoisotopic (exact) mass is 310 g/mol. The van der Waals surface area contributed by atoms with Crippen molar-refractivity contribution in [1.29, 1.82) is 0 Å². The van der Waals surface area contributed by atoms with Crippen LogP contribution in [-0.4, -0.2) is 10.2 Å². The highest BCUT2D eigenvalue weighted by atomic mass is 16.3. The second-order valence-electron chi connectivity index (χ2n) is 6.71. The van der Waals surface area contributed by atoms with E-state index in [1.54, 1.807) is 18.2 Å². The minimum atomic E-state index is -0.104. The molecule has 1 aromatic rings. The van der Waals surface area contributed by atoms with Crippen LogP contribution in [0.25, 0.3) is 0 Å². The van der Waals surface area contributed by atoms with Crippen molar-refractivity contribution in [3.63, 3.8) is 0 Å². The molecule has 1 aliphatic rings. The Balaban J connectivity index is 2.32. The van der Waals surface area contributed by atoms with Crippen molar-refractivity contribution in [1.82, 2.24) is 0 Å². The Morgan fingerprint density at radius 2 is 1.87 bits per heavy atom. The highest BCUT2D eigenvalue weighted by Crippen LogP contribution is 2.41. The van der Waals surface area contributed by atoms with Gasteiger partial charge in [-0.25, -0.2) is 0 Å². The van der Waals surface area contributed by atoms with Crippen molar-refractivity contribution < 1.29 is 10.2 Å². The molecule has 0 amide bonds. The van der Waals surface area contributed by atoms with Crippen LogP contribution in [0, 0.1) is 5.92 Å². The van der Waals surface area contributed by atoms with Crippen LogP contribution in [0.15, 0.2) is 67.0 Å². The van der Waals surface area contributed by atoms with Crippen LogP contribution in [0.3, 0.4) is 0 Å². The zero-order valence-electron chi connectivity index (χ0n) is 14.0. The maximum atomic E-state index is 10.0. The SMILES string of the molecule is C=CCC1=C(O)C=CC(C(C)(C)c2ccc(O)c(CC=C)c2)C1. The van der Waals surface area contributed by atoms with E-state index >= 15 is 0 Å². The van der Waals surface area contributed by atoms with Crippen molar-refractivity contribution in [3.8, 4) is 5.75 Å². The van der Waals surface area contributed by atoms with Crippen LogP contribution in [0.5, 0.6) is 5.75 Å². The largest absolute Gasteiger partial charge is 0.508 e. The van der Waals surface area contributed by atoms with Crippen molar-refractivity contribution in [3.05, 3.63) is 78.1 Å². The number of hydrogen-bond acceptors (Lipinski definition) is 2. The second-order valence-corrected chi connectivity index (χ2v) is 6.71. The van der Waals surface area contributed by atoms with Crippen molar-refractivity contribution in [2.45, 2.75) is 38.5 Å². The summed E-state index contributed by atoms with van der Waals surface area (Å²) in [5.41, 5.74) is 3.01. The molecule has 0 aromatic heterocycles. The maximum Gasteiger partial charge on any atom is 0.119 e. The van der Waals surface area contributed by atoms with Crippen molar-refractivity contribution >= 4 is 0 Å². The minimum Gasteiger partial charge on any atom is -0.508 e. The molecular weight excluding hydrogens is 284 g/mol. The first-order valence-corrected chi connectivity index (χ1v) is 8.03. The molecule has 0 spiro atoms. The lowest BCUT2D eigenvalue weighted by Gasteiger charge is -2.36. The number of phenolic OH excluding ortho intramolecular Hbond substituents is 1. The smallest absolute Gasteiger partial charge is 0.119 e. The summed E-state index contributed by atoms with van der Waals surface area (Å²) in [6, 6.07) is 5.82. The summed E-state index contributed by atoms with van der Waals surface area (Å²) in [4.78, 5) is 0. The second kappa shape index (κ2) is 6.91. The lowest BCUT2D eigenvalue weighted by molar-refractivity contribution is 0.350. The van der Waals surface area contributed by atoms with E-state index in [1.807, 2.05) is 12.1 Å². The molecule has 122 valence electrons. The van der Waals surface area contributed by atoms with Gasteiger partial charge < -0.3 is 10.2 Å². The first kappa shape index (κ1) is 17.1. The van der Waals surface area contributed by atoms with Crippen LogP contribution >= 0.6 is 0 Å². The van der Waals surface area contributed by atoms with Gasteiger partial charge in [-0.2, -0.15) is 0 Å². The number of aliphatic hydroxyl groups excluding tert-OH is 1. The summed E-state index contributed by atoms with van der Waals surface area (Å²) in [7, 11) is 0. The first-order chi connectivity index (χ1) is 10.9. The van der Waals surface area contributed by atoms with E-state index < -0.39 is 0 Å². The predicted molar refractivity (Wildman–Crippen MR) is 96.7 cm³/mol. The molecule has 23 heavy (non-hydrogen) atoms. The van der Waals surface area contributed by atoms with Crippen LogP contribution in [0.4, 0.5) is 0 Å². The van der Waals surface area contributed by atoms with Crippen LogP contribution in [-0.2, 0) is 11.8 Å². The zero-order chi connectivity index (χ0) is 17.0. The zero-order valence-corrected chi connectivity index (χ0v) is 14.0. The summed E-state index contributed by atoms with van der Waals surface area (Å²) >= 11 is 0. The number of rotatable bonds is 6. The van der Waals surface area contributed by atoms with E-state index in [9.17, 15) is 10.2 Å². The normalized spacial score (nSPS) is 18.1. The van der Waals surface area contributed by atoms with Crippen molar-refractivity contribution in [2.24, 2.45) is 5.92 Å². The summed E-state index contributed by atoms with van der Waals surface area (Å²) < 4.78 is 0. The fraction of sp³-hybridized carbons (Fsp3) is 0.333. The Labute approximate surface area is 139 Å². The van der Waals surface area contributed by atoms with Gasteiger partial charge in [0.25, 0.3) is 0 Å². The fourth-order valence-electron chi connectivity index (χ4n) is 3.14. The van der Waals surface area contributed by atoms with E-state index in [-0.39, 0.29) is 11.3 Å². The molecule has 1 aliphatic carbocycles. The molecule has 1 unspecified atom stereocenters.